The van der Waals surface area contributed by atoms with Gasteiger partial charge >= 0.3 is 5.97 Å². The van der Waals surface area contributed by atoms with Crippen molar-refractivity contribution >= 4 is 11.9 Å². The minimum Gasteiger partial charge on any atom is -0.480 e. The van der Waals surface area contributed by atoms with Crippen LogP contribution in [0.5, 0.6) is 0 Å². The zero-order valence-corrected chi connectivity index (χ0v) is 9.43. The van der Waals surface area contributed by atoms with Gasteiger partial charge in [-0.1, -0.05) is 31.0 Å². The Hall–Kier alpha value is -1.84. The van der Waals surface area contributed by atoms with E-state index in [0.29, 0.717) is 17.9 Å². The van der Waals surface area contributed by atoms with Crippen molar-refractivity contribution in [2.75, 3.05) is 0 Å². The Bertz CT molecular complexity index is 412. The number of nitrogens with one attached hydrogen (secondary N) is 1. The lowest BCUT2D eigenvalue weighted by molar-refractivity contribution is -0.139. The van der Waals surface area contributed by atoms with Gasteiger partial charge in [-0.25, -0.2) is 4.79 Å². The topological polar surface area (TPSA) is 66.4 Å². The van der Waals surface area contributed by atoms with Crippen LogP contribution in [0.25, 0.3) is 0 Å². The summed E-state index contributed by atoms with van der Waals surface area (Å²) < 4.78 is 0. The van der Waals surface area contributed by atoms with E-state index in [4.69, 9.17) is 5.11 Å². The smallest absolute Gasteiger partial charge is 0.326 e. The average Bonchev–Trinajstić information content (AvgIpc) is 3.13. The molecule has 4 nitrogen and oxygen atoms in total. The number of aliphatic carboxylic acids is 1. The van der Waals surface area contributed by atoms with E-state index in [1.165, 1.54) is 0 Å². The number of carboxylic acid groups (broad SMARTS) is 1. The number of benzene rings is 1. The number of carboxylic acids is 1. The molecular formula is C13H15NO3. The van der Waals surface area contributed by atoms with Crippen molar-refractivity contribution in [3.8, 4) is 0 Å². The number of carbonyl (C=O) groups excluding carboxylic acids is 1. The van der Waals surface area contributed by atoms with Crippen molar-refractivity contribution in [1.82, 2.24) is 5.32 Å². The first-order valence-corrected chi connectivity index (χ1v) is 5.75. The molecule has 0 spiro atoms. The van der Waals surface area contributed by atoms with Crippen LogP contribution in [0.1, 0.15) is 29.6 Å². The zero-order chi connectivity index (χ0) is 12.3. The van der Waals surface area contributed by atoms with E-state index in [1.54, 1.807) is 24.3 Å². The molecule has 1 saturated carbocycles. The lowest BCUT2D eigenvalue weighted by atomic mass is 10.1. The van der Waals surface area contributed by atoms with Crippen molar-refractivity contribution in [3.05, 3.63) is 35.9 Å². The molecule has 0 saturated heterocycles. The number of hydrogen-bond donors (Lipinski definition) is 2. The van der Waals surface area contributed by atoms with Crippen LogP contribution in [0.3, 0.4) is 0 Å². The number of hydrogen-bond acceptors (Lipinski definition) is 2. The Morgan fingerprint density at radius 2 is 1.94 bits per heavy atom. The monoisotopic (exact) mass is 233 g/mol. The van der Waals surface area contributed by atoms with Gasteiger partial charge in [0.05, 0.1) is 0 Å². The molecule has 1 aromatic rings. The molecule has 17 heavy (non-hydrogen) atoms. The van der Waals surface area contributed by atoms with Crippen LogP contribution >= 0.6 is 0 Å². The van der Waals surface area contributed by atoms with E-state index in [2.05, 4.69) is 5.32 Å². The Labute approximate surface area is 99.6 Å². The Morgan fingerprint density at radius 1 is 1.29 bits per heavy atom. The van der Waals surface area contributed by atoms with Crippen molar-refractivity contribution < 1.29 is 14.7 Å². The summed E-state index contributed by atoms with van der Waals surface area (Å²) in [6.45, 7) is 0. The summed E-state index contributed by atoms with van der Waals surface area (Å²) in [4.78, 5) is 22.8. The lowest BCUT2D eigenvalue weighted by Gasteiger charge is -2.13. The predicted molar refractivity (Wildman–Crippen MR) is 62.7 cm³/mol. The van der Waals surface area contributed by atoms with E-state index in [0.717, 1.165) is 12.8 Å². The maximum Gasteiger partial charge on any atom is 0.326 e. The normalized spacial score (nSPS) is 16.2. The van der Waals surface area contributed by atoms with Gasteiger partial charge in [0, 0.05) is 5.56 Å². The molecule has 4 heteroatoms. The highest BCUT2D eigenvalue weighted by molar-refractivity contribution is 5.96. The average molecular weight is 233 g/mol. The van der Waals surface area contributed by atoms with Gasteiger partial charge in [-0.2, -0.15) is 0 Å². The van der Waals surface area contributed by atoms with Crippen molar-refractivity contribution in [1.29, 1.82) is 0 Å². The maximum atomic E-state index is 11.8. The van der Waals surface area contributed by atoms with Gasteiger partial charge in [0.15, 0.2) is 0 Å². The van der Waals surface area contributed by atoms with Crippen LogP contribution < -0.4 is 5.32 Å². The molecule has 2 rings (SSSR count). The van der Waals surface area contributed by atoms with Gasteiger partial charge < -0.3 is 10.4 Å². The lowest BCUT2D eigenvalue weighted by Crippen LogP contribution is -2.41. The highest BCUT2D eigenvalue weighted by Gasteiger charge is 2.30. The summed E-state index contributed by atoms with van der Waals surface area (Å²) >= 11 is 0. The van der Waals surface area contributed by atoms with Crippen molar-refractivity contribution in [2.24, 2.45) is 5.92 Å². The predicted octanol–water partition coefficient (Wildman–Crippen LogP) is 1.67. The van der Waals surface area contributed by atoms with Crippen LogP contribution in [0, 0.1) is 5.92 Å². The van der Waals surface area contributed by atoms with Gasteiger partial charge in [-0.3, -0.25) is 4.79 Å². The number of amides is 1. The molecule has 1 atom stereocenters. The minimum absolute atomic E-state index is 0.321. The second-order valence-corrected chi connectivity index (χ2v) is 4.41. The molecule has 1 fully saturated rings. The molecule has 0 bridgehead atoms. The molecule has 1 aliphatic rings. The molecule has 1 aromatic carbocycles. The molecule has 0 radical (unpaired) electrons. The number of rotatable bonds is 5. The Kier molecular flexibility index (Phi) is 3.42. The third kappa shape index (κ3) is 3.31. The quantitative estimate of drug-likeness (QED) is 0.813. The zero-order valence-electron chi connectivity index (χ0n) is 9.43. The first kappa shape index (κ1) is 11.6. The van der Waals surface area contributed by atoms with Crippen LogP contribution in [0.15, 0.2) is 30.3 Å². The molecule has 1 amide bonds. The van der Waals surface area contributed by atoms with E-state index in [-0.39, 0.29) is 5.91 Å². The highest BCUT2D eigenvalue weighted by Crippen LogP contribution is 2.33. The second kappa shape index (κ2) is 4.99. The van der Waals surface area contributed by atoms with Crippen LogP contribution in [0.4, 0.5) is 0 Å². The molecule has 0 aromatic heterocycles. The molecule has 0 heterocycles. The summed E-state index contributed by atoms with van der Waals surface area (Å²) in [7, 11) is 0. The van der Waals surface area contributed by atoms with Gasteiger partial charge in [-0.05, 0) is 24.5 Å². The van der Waals surface area contributed by atoms with Gasteiger partial charge in [0.25, 0.3) is 5.91 Å². The summed E-state index contributed by atoms with van der Waals surface area (Å²) in [5, 5.41) is 11.6. The molecule has 90 valence electrons. The first-order valence-electron chi connectivity index (χ1n) is 5.75. The molecule has 0 unspecified atom stereocenters. The third-order valence-corrected chi connectivity index (χ3v) is 2.91. The first-order chi connectivity index (χ1) is 8.16. The van der Waals surface area contributed by atoms with Crippen LogP contribution in [-0.2, 0) is 4.79 Å². The Balaban J connectivity index is 1.97. The fourth-order valence-corrected chi connectivity index (χ4v) is 1.74. The minimum atomic E-state index is -0.957. The summed E-state index contributed by atoms with van der Waals surface area (Å²) in [5.74, 6) is -0.813. The maximum absolute atomic E-state index is 11.8. The van der Waals surface area contributed by atoms with Crippen LogP contribution in [-0.4, -0.2) is 23.0 Å². The van der Waals surface area contributed by atoms with Crippen molar-refractivity contribution in [2.45, 2.75) is 25.3 Å². The Morgan fingerprint density at radius 3 is 2.47 bits per heavy atom. The second-order valence-electron chi connectivity index (χ2n) is 4.41. The van der Waals surface area contributed by atoms with Crippen LogP contribution in [0.2, 0.25) is 0 Å². The fourth-order valence-electron chi connectivity index (χ4n) is 1.74. The molecular weight excluding hydrogens is 218 g/mol. The fraction of sp³-hybridized carbons (Fsp3) is 0.385. The summed E-state index contributed by atoms with van der Waals surface area (Å²) in [6, 6.07) is 7.90. The van der Waals surface area contributed by atoms with Crippen molar-refractivity contribution in [3.63, 3.8) is 0 Å². The molecule has 2 N–H and O–H groups in total. The molecule has 0 aliphatic heterocycles. The van der Waals surface area contributed by atoms with E-state index >= 15 is 0 Å². The third-order valence-electron chi connectivity index (χ3n) is 2.91. The SMILES string of the molecule is O=C(N[C@H](CC1CC1)C(=O)O)c1ccccc1. The van der Waals surface area contributed by atoms with E-state index in [9.17, 15) is 9.59 Å². The standard InChI is InChI=1S/C13H15NO3/c15-12(10-4-2-1-3-5-10)14-11(13(16)17)8-9-6-7-9/h1-5,9,11H,6-8H2,(H,14,15)(H,16,17)/t11-/m1/s1. The highest BCUT2D eigenvalue weighted by atomic mass is 16.4. The number of carbonyl (C=O) groups is 2. The summed E-state index contributed by atoms with van der Waals surface area (Å²) in [5.41, 5.74) is 0.495. The van der Waals surface area contributed by atoms with Gasteiger partial charge in [-0.15, -0.1) is 0 Å². The van der Waals surface area contributed by atoms with Gasteiger partial charge in [0.2, 0.25) is 0 Å². The van der Waals surface area contributed by atoms with E-state index < -0.39 is 12.0 Å². The summed E-state index contributed by atoms with van der Waals surface area (Å²) in [6.07, 6.45) is 2.68. The largest absolute Gasteiger partial charge is 0.480 e. The van der Waals surface area contributed by atoms with E-state index in [1.807, 2.05) is 6.07 Å². The van der Waals surface area contributed by atoms with Gasteiger partial charge in [0.1, 0.15) is 6.04 Å². The molecule has 1 aliphatic carbocycles.